The molecule has 0 aromatic rings. The highest BCUT2D eigenvalue weighted by Crippen LogP contribution is 2.32. The first-order chi connectivity index (χ1) is 10.1. The van der Waals surface area contributed by atoms with Gasteiger partial charge < -0.3 is 20.9 Å². The van der Waals surface area contributed by atoms with Crippen molar-refractivity contribution in [1.29, 1.82) is 0 Å². The molecule has 1 amide bonds. The molecule has 1 heterocycles. The normalized spacial score (nSPS) is 28.8. The molecule has 0 aromatic heterocycles. The number of hydrogen-bond donors (Lipinski definition) is 3. The number of nitrogens with one attached hydrogen (secondary N) is 1. The van der Waals surface area contributed by atoms with E-state index in [0.717, 1.165) is 25.7 Å². The van der Waals surface area contributed by atoms with Gasteiger partial charge in [0.1, 0.15) is 0 Å². The SMILES string of the molecule is NCC1CCCCC1C(=O)NCC1(C(=O)O)CCOCC1. The fourth-order valence-electron chi connectivity index (χ4n) is 3.45. The van der Waals surface area contributed by atoms with Crippen molar-refractivity contribution in [3.8, 4) is 0 Å². The highest BCUT2D eigenvalue weighted by Gasteiger charge is 2.41. The quantitative estimate of drug-likeness (QED) is 0.695. The van der Waals surface area contributed by atoms with Gasteiger partial charge in [-0.1, -0.05) is 12.8 Å². The van der Waals surface area contributed by atoms with Gasteiger partial charge in [0.05, 0.1) is 5.41 Å². The number of ether oxygens (including phenoxy) is 1. The zero-order valence-corrected chi connectivity index (χ0v) is 12.5. The van der Waals surface area contributed by atoms with E-state index in [1.165, 1.54) is 0 Å². The lowest BCUT2D eigenvalue weighted by Gasteiger charge is -2.35. The Morgan fingerprint density at radius 1 is 1.24 bits per heavy atom. The Hall–Kier alpha value is -1.14. The lowest BCUT2D eigenvalue weighted by atomic mass is 9.77. The number of nitrogens with two attached hydrogens (primary N) is 1. The summed E-state index contributed by atoms with van der Waals surface area (Å²) in [4.78, 5) is 23.9. The number of carbonyl (C=O) groups excluding carboxylic acids is 1. The standard InChI is InChI=1S/C15H26N2O4/c16-9-11-3-1-2-4-12(11)13(18)17-10-15(14(19)20)5-7-21-8-6-15/h11-12H,1-10,16H2,(H,17,18)(H,19,20). The molecule has 2 fully saturated rings. The van der Waals surface area contributed by atoms with Crippen LogP contribution in [-0.2, 0) is 14.3 Å². The number of carbonyl (C=O) groups is 2. The molecule has 2 atom stereocenters. The third-order valence-electron chi connectivity index (χ3n) is 5.05. The average molecular weight is 298 g/mol. The van der Waals surface area contributed by atoms with Crippen LogP contribution in [0.1, 0.15) is 38.5 Å². The Labute approximate surface area is 125 Å². The van der Waals surface area contributed by atoms with Crippen LogP contribution in [0.4, 0.5) is 0 Å². The van der Waals surface area contributed by atoms with Gasteiger partial charge in [-0.2, -0.15) is 0 Å². The third-order valence-corrected chi connectivity index (χ3v) is 5.05. The van der Waals surface area contributed by atoms with E-state index < -0.39 is 11.4 Å². The molecule has 1 saturated heterocycles. The van der Waals surface area contributed by atoms with Crippen molar-refractivity contribution in [2.45, 2.75) is 38.5 Å². The van der Waals surface area contributed by atoms with E-state index in [2.05, 4.69) is 5.32 Å². The Balaban J connectivity index is 1.93. The Kier molecular flexibility index (Phi) is 5.58. The molecule has 0 spiro atoms. The van der Waals surface area contributed by atoms with E-state index in [4.69, 9.17) is 10.5 Å². The minimum Gasteiger partial charge on any atom is -0.481 e. The van der Waals surface area contributed by atoms with Crippen LogP contribution in [0.2, 0.25) is 0 Å². The van der Waals surface area contributed by atoms with Gasteiger partial charge in [-0.3, -0.25) is 9.59 Å². The third kappa shape index (κ3) is 3.74. The minimum atomic E-state index is -0.874. The highest BCUT2D eigenvalue weighted by atomic mass is 16.5. The molecule has 0 radical (unpaired) electrons. The predicted molar refractivity (Wildman–Crippen MR) is 77.6 cm³/mol. The molecule has 1 aliphatic heterocycles. The molecular formula is C15H26N2O4. The summed E-state index contributed by atoms with van der Waals surface area (Å²) in [6.45, 7) is 1.60. The maximum absolute atomic E-state index is 12.4. The van der Waals surface area contributed by atoms with Crippen molar-refractivity contribution in [3.63, 3.8) is 0 Å². The average Bonchev–Trinajstić information content (AvgIpc) is 2.53. The van der Waals surface area contributed by atoms with Crippen molar-refractivity contribution in [2.75, 3.05) is 26.3 Å². The summed E-state index contributed by atoms with van der Waals surface area (Å²) in [5.74, 6) is -0.703. The van der Waals surface area contributed by atoms with Crippen LogP contribution in [0.15, 0.2) is 0 Å². The van der Waals surface area contributed by atoms with Crippen LogP contribution in [-0.4, -0.2) is 43.3 Å². The number of rotatable bonds is 5. The molecule has 4 N–H and O–H groups in total. The van der Waals surface area contributed by atoms with Gasteiger partial charge in [0.15, 0.2) is 0 Å². The van der Waals surface area contributed by atoms with E-state index in [1.54, 1.807) is 0 Å². The highest BCUT2D eigenvalue weighted by molar-refractivity contribution is 5.81. The molecule has 0 aromatic carbocycles. The summed E-state index contributed by atoms with van der Waals surface area (Å²) in [6.07, 6.45) is 4.93. The fraction of sp³-hybridized carbons (Fsp3) is 0.867. The fourth-order valence-corrected chi connectivity index (χ4v) is 3.45. The first kappa shape index (κ1) is 16.2. The second-order valence-corrected chi connectivity index (χ2v) is 6.30. The molecule has 1 aliphatic carbocycles. The van der Waals surface area contributed by atoms with Crippen molar-refractivity contribution < 1.29 is 19.4 Å². The van der Waals surface area contributed by atoms with E-state index in [9.17, 15) is 14.7 Å². The summed E-state index contributed by atoms with van der Waals surface area (Å²) >= 11 is 0. The molecule has 0 bridgehead atoms. The lowest BCUT2D eigenvalue weighted by molar-refractivity contribution is -0.155. The Morgan fingerprint density at radius 2 is 1.90 bits per heavy atom. The molecule has 2 rings (SSSR count). The van der Waals surface area contributed by atoms with Crippen molar-refractivity contribution in [2.24, 2.45) is 23.0 Å². The van der Waals surface area contributed by atoms with Crippen molar-refractivity contribution in [1.82, 2.24) is 5.32 Å². The minimum absolute atomic E-state index is 0.0303. The largest absolute Gasteiger partial charge is 0.481 e. The van der Waals surface area contributed by atoms with Crippen LogP contribution in [0.5, 0.6) is 0 Å². The molecular weight excluding hydrogens is 272 g/mol. The van der Waals surface area contributed by atoms with Gasteiger partial charge in [0.25, 0.3) is 0 Å². The number of hydrogen-bond acceptors (Lipinski definition) is 4. The number of amides is 1. The lowest BCUT2D eigenvalue weighted by Crippen LogP contribution is -2.49. The summed E-state index contributed by atoms with van der Waals surface area (Å²) < 4.78 is 5.24. The van der Waals surface area contributed by atoms with Crippen molar-refractivity contribution >= 4 is 11.9 Å². The molecule has 21 heavy (non-hydrogen) atoms. The summed E-state index contributed by atoms with van der Waals surface area (Å²) in [5, 5.41) is 12.4. The molecule has 6 heteroatoms. The number of carboxylic acid groups (broad SMARTS) is 1. The molecule has 1 saturated carbocycles. The maximum Gasteiger partial charge on any atom is 0.311 e. The van der Waals surface area contributed by atoms with Crippen LogP contribution < -0.4 is 11.1 Å². The first-order valence-electron chi connectivity index (χ1n) is 7.88. The second-order valence-electron chi connectivity index (χ2n) is 6.30. The molecule has 2 aliphatic rings. The van der Waals surface area contributed by atoms with E-state index in [1.807, 2.05) is 0 Å². The van der Waals surface area contributed by atoms with Crippen LogP contribution >= 0.6 is 0 Å². The van der Waals surface area contributed by atoms with Gasteiger partial charge in [0, 0.05) is 25.7 Å². The monoisotopic (exact) mass is 298 g/mol. The summed E-state index contributed by atoms with van der Waals surface area (Å²) in [7, 11) is 0. The number of carboxylic acids is 1. The van der Waals surface area contributed by atoms with Gasteiger partial charge in [-0.15, -0.1) is 0 Å². The zero-order valence-electron chi connectivity index (χ0n) is 12.5. The first-order valence-corrected chi connectivity index (χ1v) is 7.88. The van der Waals surface area contributed by atoms with Crippen LogP contribution in [0.25, 0.3) is 0 Å². The molecule has 6 nitrogen and oxygen atoms in total. The van der Waals surface area contributed by atoms with Gasteiger partial charge in [0.2, 0.25) is 5.91 Å². The molecule has 120 valence electrons. The smallest absolute Gasteiger partial charge is 0.311 e. The van der Waals surface area contributed by atoms with E-state index >= 15 is 0 Å². The van der Waals surface area contributed by atoms with Crippen LogP contribution in [0.3, 0.4) is 0 Å². The van der Waals surface area contributed by atoms with Gasteiger partial charge in [-0.25, -0.2) is 0 Å². The van der Waals surface area contributed by atoms with Crippen LogP contribution in [0, 0.1) is 17.3 Å². The van der Waals surface area contributed by atoms with E-state index in [-0.39, 0.29) is 24.3 Å². The van der Waals surface area contributed by atoms with E-state index in [0.29, 0.717) is 32.6 Å². The Morgan fingerprint density at radius 3 is 2.52 bits per heavy atom. The zero-order chi connectivity index (χ0) is 15.3. The molecule has 2 unspecified atom stereocenters. The summed E-state index contributed by atoms with van der Waals surface area (Å²) in [6, 6.07) is 0. The number of aliphatic carboxylic acids is 1. The van der Waals surface area contributed by atoms with Gasteiger partial charge in [-0.05, 0) is 38.1 Å². The maximum atomic E-state index is 12.4. The van der Waals surface area contributed by atoms with Gasteiger partial charge >= 0.3 is 5.97 Å². The summed E-state index contributed by atoms with van der Waals surface area (Å²) in [5.41, 5.74) is 4.88. The van der Waals surface area contributed by atoms with Crippen molar-refractivity contribution in [3.05, 3.63) is 0 Å². The Bertz CT molecular complexity index is 380. The topological polar surface area (TPSA) is 102 Å². The predicted octanol–water partition coefficient (Wildman–Crippen LogP) is 0.749. The second kappa shape index (κ2) is 7.22.